The molecule has 2 aromatic rings. The molecule has 3 nitrogen and oxygen atoms in total. The highest BCUT2D eigenvalue weighted by Crippen LogP contribution is 2.21. The first-order chi connectivity index (χ1) is 10.1. The lowest BCUT2D eigenvalue weighted by Crippen LogP contribution is -2.44. The second-order valence-electron chi connectivity index (χ2n) is 5.02. The second-order valence-corrected chi connectivity index (χ2v) is 6.18. The van der Waals surface area contributed by atoms with Gasteiger partial charge in [0, 0.05) is 10.1 Å². The van der Waals surface area contributed by atoms with Gasteiger partial charge in [-0.15, -0.1) is 0 Å². The lowest BCUT2D eigenvalue weighted by atomic mass is 9.95. The zero-order valence-corrected chi connectivity index (χ0v) is 13.4. The summed E-state index contributed by atoms with van der Waals surface area (Å²) in [6.07, 6.45) is 0.666. The Kier molecular flexibility index (Phi) is 4.21. The van der Waals surface area contributed by atoms with Gasteiger partial charge >= 0.3 is 0 Å². The van der Waals surface area contributed by atoms with Gasteiger partial charge in [0.25, 0.3) is 0 Å². The average molecular weight is 396 g/mol. The molecule has 1 heterocycles. The first kappa shape index (κ1) is 14.5. The van der Waals surface area contributed by atoms with Gasteiger partial charge in [-0.2, -0.15) is 0 Å². The number of rotatable bonds is 2. The standard InChI is InChI=1S/C16H14FIN2O/c17-12-5-6-14(13(18)8-12)20-16(21)15-7-10-3-1-2-4-11(10)9-19-15/h1-6,8,15,19H,7,9H2,(H,20,21). The smallest absolute Gasteiger partial charge is 0.241 e. The van der Waals surface area contributed by atoms with Crippen LogP contribution in [0.2, 0.25) is 0 Å². The number of anilines is 1. The van der Waals surface area contributed by atoms with Crippen LogP contribution < -0.4 is 10.6 Å². The molecule has 0 saturated heterocycles. The molecule has 108 valence electrons. The number of fused-ring (bicyclic) bond motifs is 1. The molecule has 0 saturated carbocycles. The minimum absolute atomic E-state index is 0.0889. The Bertz CT molecular complexity index is 690. The summed E-state index contributed by atoms with van der Waals surface area (Å²) in [7, 11) is 0. The van der Waals surface area contributed by atoms with E-state index in [2.05, 4.69) is 22.8 Å². The Morgan fingerprint density at radius 1 is 1.24 bits per heavy atom. The fraction of sp³-hybridized carbons (Fsp3) is 0.188. The van der Waals surface area contributed by atoms with Gasteiger partial charge in [0.15, 0.2) is 0 Å². The molecule has 0 radical (unpaired) electrons. The normalized spacial score (nSPS) is 17.1. The number of carbonyl (C=O) groups is 1. The largest absolute Gasteiger partial charge is 0.324 e. The summed E-state index contributed by atoms with van der Waals surface area (Å²) < 4.78 is 13.8. The lowest BCUT2D eigenvalue weighted by molar-refractivity contribution is -0.118. The highest BCUT2D eigenvalue weighted by molar-refractivity contribution is 14.1. The number of nitrogens with one attached hydrogen (secondary N) is 2. The molecular weight excluding hydrogens is 382 g/mol. The third kappa shape index (κ3) is 3.24. The van der Waals surface area contributed by atoms with Gasteiger partial charge in [-0.05, 0) is 58.3 Å². The summed E-state index contributed by atoms with van der Waals surface area (Å²) in [6.45, 7) is 0.689. The molecule has 5 heteroatoms. The third-order valence-electron chi connectivity index (χ3n) is 3.59. The Morgan fingerprint density at radius 2 is 2.00 bits per heavy atom. The minimum atomic E-state index is -0.304. The van der Waals surface area contributed by atoms with Gasteiger partial charge in [0.1, 0.15) is 5.82 Å². The first-order valence-corrected chi connectivity index (χ1v) is 7.77. The summed E-state index contributed by atoms with van der Waals surface area (Å²) in [5.41, 5.74) is 3.07. The molecule has 2 aromatic carbocycles. The predicted octanol–water partition coefficient (Wildman–Crippen LogP) is 3.08. The fourth-order valence-electron chi connectivity index (χ4n) is 2.45. The number of hydrogen-bond donors (Lipinski definition) is 2. The molecular formula is C16H14FIN2O. The van der Waals surface area contributed by atoms with Crippen LogP contribution in [0.4, 0.5) is 10.1 Å². The molecule has 2 N–H and O–H groups in total. The van der Waals surface area contributed by atoms with Gasteiger partial charge in [-0.3, -0.25) is 4.79 Å². The first-order valence-electron chi connectivity index (χ1n) is 6.69. The summed E-state index contributed by atoms with van der Waals surface area (Å²) >= 11 is 2.02. The van der Waals surface area contributed by atoms with E-state index in [1.807, 2.05) is 34.7 Å². The number of carbonyl (C=O) groups excluding carboxylic acids is 1. The summed E-state index contributed by atoms with van der Waals surface area (Å²) in [5.74, 6) is -0.392. The average Bonchev–Trinajstić information content (AvgIpc) is 2.49. The monoisotopic (exact) mass is 396 g/mol. The van der Waals surface area contributed by atoms with Crippen LogP contribution in [0.3, 0.4) is 0 Å². The van der Waals surface area contributed by atoms with Crippen LogP contribution in [0, 0.1) is 9.39 Å². The number of amides is 1. The minimum Gasteiger partial charge on any atom is -0.324 e. The highest BCUT2D eigenvalue weighted by atomic mass is 127. The van der Waals surface area contributed by atoms with Crippen molar-refractivity contribution in [2.24, 2.45) is 0 Å². The zero-order chi connectivity index (χ0) is 14.8. The van der Waals surface area contributed by atoms with Gasteiger partial charge in [-0.25, -0.2) is 4.39 Å². The third-order valence-corrected chi connectivity index (χ3v) is 4.48. The molecule has 21 heavy (non-hydrogen) atoms. The molecule has 0 bridgehead atoms. The van der Waals surface area contributed by atoms with E-state index < -0.39 is 0 Å². The van der Waals surface area contributed by atoms with Crippen molar-refractivity contribution in [3.63, 3.8) is 0 Å². The van der Waals surface area contributed by atoms with E-state index in [4.69, 9.17) is 0 Å². The van der Waals surface area contributed by atoms with Crippen LogP contribution in [0.5, 0.6) is 0 Å². The van der Waals surface area contributed by atoms with E-state index in [-0.39, 0.29) is 17.8 Å². The Balaban J connectivity index is 1.72. The van der Waals surface area contributed by atoms with E-state index in [0.717, 1.165) is 0 Å². The summed E-state index contributed by atoms with van der Waals surface area (Å²) in [5, 5.41) is 6.10. The van der Waals surface area contributed by atoms with Crippen molar-refractivity contribution in [1.82, 2.24) is 5.32 Å². The molecule has 0 fully saturated rings. The van der Waals surface area contributed by atoms with E-state index in [1.165, 1.54) is 23.3 Å². The number of benzene rings is 2. The number of halogens is 2. The van der Waals surface area contributed by atoms with Gasteiger partial charge < -0.3 is 10.6 Å². The SMILES string of the molecule is O=C(Nc1ccc(F)cc1I)C1Cc2ccccc2CN1. The Labute approximate surface area is 136 Å². The fourth-order valence-corrected chi connectivity index (χ4v) is 3.06. The maximum Gasteiger partial charge on any atom is 0.241 e. The molecule has 1 atom stereocenters. The second kappa shape index (κ2) is 6.11. The molecule has 1 unspecified atom stereocenters. The van der Waals surface area contributed by atoms with E-state index in [1.54, 1.807) is 6.07 Å². The molecule has 0 aromatic heterocycles. The molecule has 1 aliphatic rings. The predicted molar refractivity (Wildman–Crippen MR) is 88.5 cm³/mol. The van der Waals surface area contributed by atoms with E-state index in [9.17, 15) is 9.18 Å². The molecule has 0 spiro atoms. The zero-order valence-electron chi connectivity index (χ0n) is 11.2. The highest BCUT2D eigenvalue weighted by Gasteiger charge is 2.24. The van der Waals surface area contributed by atoms with Gasteiger partial charge in [0.05, 0.1) is 11.7 Å². The van der Waals surface area contributed by atoms with Crippen molar-refractivity contribution >= 4 is 34.2 Å². The Morgan fingerprint density at radius 3 is 2.76 bits per heavy atom. The molecule has 1 aliphatic heterocycles. The summed E-state index contributed by atoms with van der Waals surface area (Å²) in [4.78, 5) is 12.3. The summed E-state index contributed by atoms with van der Waals surface area (Å²) in [6, 6.07) is 12.2. The van der Waals surface area contributed by atoms with Crippen LogP contribution in [0.1, 0.15) is 11.1 Å². The topological polar surface area (TPSA) is 41.1 Å². The van der Waals surface area contributed by atoms with Gasteiger partial charge in [-0.1, -0.05) is 24.3 Å². The maximum atomic E-state index is 13.1. The van der Waals surface area contributed by atoms with Crippen molar-refractivity contribution in [3.8, 4) is 0 Å². The van der Waals surface area contributed by atoms with E-state index in [0.29, 0.717) is 22.2 Å². The van der Waals surface area contributed by atoms with Crippen molar-refractivity contribution in [2.45, 2.75) is 19.0 Å². The van der Waals surface area contributed by atoms with Crippen LogP contribution in [0.25, 0.3) is 0 Å². The molecule has 0 aliphatic carbocycles. The quantitative estimate of drug-likeness (QED) is 0.767. The number of hydrogen-bond acceptors (Lipinski definition) is 2. The van der Waals surface area contributed by atoms with Crippen LogP contribution in [-0.2, 0) is 17.8 Å². The van der Waals surface area contributed by atoms with Crippen molar-refractivity contribution in [3.05, 3.63) is 63.0 Å². The van der Waals surface area contributed by atoms with Crippen LogP contribution in [0.15, 0.2) is 42.5 Å². The van der Waals surface area contributed by atoms with Gasteiger partial charge in [0.2, 0.25) is 5.91 Å². The van der Waals surface area contributed by atoms with Crippen molar-refractivity contribution in [2.75, 3.05) is 5.32 Å². The molecule has 3 rings (SSSR count). The van der Waals surface area contributed by atoms with E-state index >= 15 is 0 Å². The maximum absolute atomic E-state index is 13.1. The van der Waals surface area contributed by atoms with Crippen LogP contribution in [-0.4, -0.2) is 11.9 Å². The van der Waals surface area contributed by atoms with Crippen molar-refractivity contribution < 1.29 is 9.18 Å². The van der Waals surface area contributed by atoms with Crippen molar-refractivity contribution in [1.29, 1.82) is 0 Å². The van der Waals surface area contributed by atoms with Crippen LogP contribution >= 0.6 is 22.6 Å². The Hall–Kier alpha value is -1.47. The lowest BCUT2D eigenvalue weighted by Gasteiger charge is -2.25. The molecule has 1 amide bonds.